The monoisotopic (exact) mass is 470 g/mol. The number of pyridine rings is 1. The van der Waals surface area contributed by atoms with Gasteiger partial charge >= 0.3 is 0 Å². The molecule has 0 radical (unpaired) electrons. The van der Waals surface area contributed by atoms with E-state index in [4.69, 9.17) is 33.3 Å². The van der Waals surface area contributed by atoms with Crippen molar-refractivity contribution in [1.82, 2.24) is 10.5 Å². The molecule has 2 rings (SSSR count). The average Bonchev–Trinajstić information content (AvgIpc) is 2.65. The molecular weight excluding hydrogens is 448 g/mol. The lowest BCUT2D eigenvalue weighted by atomic mass is 9.94. The van der Waals surface area contributed by atoms with Crippen molar-refractivity contribution in [3.05, 3.63) is 62.5 Å². The van der Waals surface area contributed by atoms with E-state index in [9.17, 15) is 18.0 Å². The van der Waals surface area contributed by atoms with Crippen LogP contribution in [-0.2, 0) is 25.4 Å². The second-order valence-electron chi connectivity index (χ2n) is 6.67. The fourth-order valence-electron chi connectivity index (χ4n) is 2.86. The molecule has 0 saturated heterocycles. The molecule has 168 valence electrons. The van der Waals surface area contributed by atoms with Crippen LogP contribution in [0.15, 0.2) is 35.1 Å². The number of hydrogen-bond acceptors (Lipinski definition) is 6. The van der Waals surface area contributed by atoms with Crippen molar-refractivity contribution in [2.75, 3.05) is 11.3 Å². The lowest BCUT2D eigenvalue weighted by Crippen LogP contribution is -2.32. The van der Waals surface area contributed by atoms with Crippen molar-refractivity contribution in [2.45, 2.75) is 25.0 Å². The van der Waals surface area contributed by atoms with Crippen LogP contribution in [-0.4, -0.2) is 31.9 Å². The third-order valence-corrected chi connectivity index (χ3v) is 5.74. The van der Waals surface area contributed by atoms with Crippen molar-refractivity contribution >= 4 is 39.2 Å². The fourth-order valence-corrected chi connectivity index (χ4v) is 4.40. The third kappa shape index (κ3) is 6.98. The highest BCUT2D eigenvalue weighted by atomic mass is 35.5. The van der Waals surface area contributed by atoms with Crippen molar-refractivity contribution in [3.63, 3.8) is 0 Å². The summed E-state index contributed by atoms with van der Waals surface area (Å²) >= 11 is 6.04. The minimum absolute atomic E-state index is 0.00223. The van der Waals surface area contributed by atoms with Crippen LogP contribution in [0.2, 0.25) is 5.02 Å². The zero-order valence-corrected chi connectivity index (χ0v) is 18.1. The summed E-state index contributed by atoms with van der Waals surface area (Å²) < 4.78 is 27.7. The van der Waals surface area contributed by atoms with Gasteiger partial charge in [-0.1, -0.05) is 29.8 Å². The maximum atomic E-state index is 12.7. The molecule has 0 saturated carbocycles. The van der Waals surface area contributed by atoms with E-state index in [2.05, 4.69) is 15.2 Å². The number of guanidine groups is 1. The lowest BCUT2D eigenvalue weighted by molar-refractivity contribution is -0.120. The average molecular weight is 471 g/mol. The standard InChI is InChI=1S/C18H23ClN6O5S/c1-10-8-13(12(16(20)26)6-7-30-24-18(21)22)15(17(27)23-10)25-31(28,29)9-11-4-2-3-5-14(11)19/h2-5,8,12,25H,6-7,9H2,1H3,(H2,20,26)(H,23,27)(H4,21,22,24). The van der Waals surface area contributed by atoms with Crippen LogP contribution in [0.25, 0.3) is 0 Å². The molecule has 0 spiro atoms. The number of aryl methyl sites for hydroxylation is 1. The van der Waals surface area contributed by atoms with Gasteiger partial charge in [-0.2, -0.15) is 0 Å². The highest BCUT2D eigenvalue weighted by molar-refractivity contribution is 7.91. The molecule has 2 aromatic rings. The van der Waals surface area contributed by atoms with Crippen LogP contribution in [0.3, 0.4) is 0 Å². The van der Waals surface area contributed by atoms with Gasteiger partial charge in [-0.15, -0.1) is 0 Å². The molecule has 1 aromatic heterocycles. The summed E-state index contributed by atoms with van der Waals surface area (Å²) in [5.74, 6) is -2.75. The minimum Gasteiger partial charge on any atom is -0.369 e. The van der Waals surface area contributed by atoms with Gasteiger partial charge in [0, 0.05) is 10.7 Å². The molecule has 0 fully saturated rings. The van der Waals surface area contributed by atoms with Crippen LogP contribution in [0, 0.1) is 12.3 Å². The van der Waals surface area contributed by atoms with Crippen LogP contribution < -0.4 is 27.2 Å². The molecule has 11 nitrogen and oxygen atoms in total. The molecule has 0 bridgehead atoms. The van der Waals surface area contributed by atoms with E-state index in [-0.39, 0.29) is 29.3 Å². The number of benzene rings is 1. The number of carbonyl (C=O) groups is 1. The Labute approximate surface area is 183 Å². The Morgan fingerprint density at radius 3 is 2.61 bits per heavy atom. The fraction of sp³-hybridized carbons (Fsp3) is 0.278. The summed E-state index contributed by atoms with van der Waals surface area (Å²) in [5, 5.41) is 7.30. The maximum absolute atomic E-state index is 12.7. The second kappa shape index (κ2) is 10.3. The van der Waals surface area contributed by atoms with E-state index < -0.39 is 39.1 Å². The quantitative estimate of drug-likeness (QED) is 0.127. The Hall–Kier alpha value is -3.09. The van der Waals surface area contributed by atoms with E-state index in [0.717, 1.165) is 0 Å². The normalized spacial score (nSPS) is 12.2. The maximum Gasteiger partial charge on any atom is 0.272 e. The number of anilines is 1. The lowest BCUT2D eigenvalue weighted by Gasteiger charge is -2.19. The Kier molecular flexibility index (Phi) is 8.02. The number of sulfonamides is 1. The SMILES string of the molecule is Cc1cc(C(CCONC(=N)N)C(N)=O)c(NS(=O)(=O)Cc2ccccc2Cl)c(=O)[nH]1. The topological polar surface area (TPSA) is 193 Å². The molecule has 0 aliphatic heterocycles. The van der Waals surface area contributed by atoms with Gasteiger partial charge in [-0.05, 0) is 36.6 Å². The largest absolute Gasteiger partial charge is 0.369 e. The first-order valence-corrected chi connectivity index (χ1v) is 11.0. The van der Waals surface area contributed by atoms with E-state index in [1.165, 1.54) is 6.07 Å². The number of aromatic nitrogens is 1. The highest BCUT2D eigenvalue weighted by Gasteiger charge is 2.26. The van der Waals surface area contributed by atoms with Gasteiger partial charge in [-0.3, -0.25) is 24.6 Å². The van der Waals surface area contributed by atoms with Crippen LogP contribution >= 0.6 is 11.6 Å². The van der Waals surface area contributed by atoms with E-state index >= 15 is 0 Å². The summed E-state index contributed by atoms with van der Waals surface area (Å²) in [6.07, 6.45) is -0.00223. The van der Waals surface area contributed by atoms with Crippen molar-refractivity contribution in [1.29, 1.82) is 5.41 Å². The van der Waals surface area contributed by atoms with Crippen molar-refractivity contribution in [2.24, 2.45) is 11.5 Å². The number of carbonyl (C=O) groups excluding carboxylic acids is 1. The van der Waals surface area contributed by atoms with Gasteiger partial charge in [0.05, 0.1) is 18.3 Å². The Bertz CT molecular complexity index is 1130. The summed E-state index contributed by atoms with van der Waals surface area (Å²) in [4.78, 5) is 32.1. The molecule has 1 atom stereocenters. The number of nitrogens with one attached hydrogen (secondary N) is 4. The molecular formula is C18H23ClN6O5S. The minimum atomic E-state index is -4.06. The molecule has 1 heterocycles. The highest BCUT2D eigenvalue weighted by Crippen LogP contribution is 2.27. The molecule has 1 aromatic carbocycles. The van der Waals surface area contributed by atoms with Gasteiger partial charge in [-0.25, -0.2) is 13.9 Å². The first-order valence-electron chi connectivity index (χ1n) is 8.99. The van der Waals surface area contributed by atoms with E-state index in [1.54, 1.807) is 31.2 Å². The summed E-state index contributed by atoms with van der Waals surface area (Å²) in [6, 6.07) is 7.86. The number of H-pyrrole nitrogens is 1. The summed E-state index contributed by atoms with van der Waals surface area (Å²) in [7, 11) is -4.06. The Balaban J connectivity index is 2.36. The number of amides is 1. The van der Waals surface area contributed by atoms with Crippen molar-refractivity contribution < 1.29 is 18.0 Å². The molecule has 13 heteroatoms. The Morgan fingerprint density at radius 2 is 2.00 bits per heavy atom. The Morgan fingerprint density at radius 1 is 1.32 bits per heavy atom. The van der Waals surface area contributed by atoms with Crippen molar-refractivity contribution in [3.8, 4) is 0 Å². The number of rotatable bonds is 10. The van der Waals surface area contributed by atoms with E-state index in [1.807, 2.05) is 0 Å². The molecule has 0 aliphatic carbocycles. The molecule has 1 amide bonds. The number of nitrogens with two attached hydrogens (primary N) is 2. The zero-order chi connectivity index (χ0) is 23.2. The summed E-state index contributed by atoms with van der Waals surface area (Å²) in [5.41, 5.74) is 12.5. The molecule has 0 aliphatic rings. The first kappa shape index (κ1) is 24.2. The van der Waals surface area contributed by atoms with Gasteiger partial charge < -0.3 is 16.5 Å². The number of primary amides is 1. The van der Waals surface area contributed by atoms with Gasteiger partial charge in [0.1, 0.15) is 5.69 Å². The second-order valence-corrected chi connectivity index (χ2v) is 8.80. The first-order chi connectivity index (χ1) is 14.5. The predicted octanol–water partition coefficient (Wildman–Crippen LogP) is 0.652. The van der Waals surface area contributed by atoms with Crippen LogP contribution in [0.4, 0.5) is 5.69 Å². The smallest absolute Gasteiger partial charge is 0.272 e. The molecule has 8 N–H and O–H groups in total. The van der Waals surface area contributed by atoms with Crippen LogP contribution in [0.1, 0.15) is 29.2 Å². The number of hydroxylamine groups is 1. The number of aromatic amines is 1. The van der Waals surface area contributed by atoms with Crippen LogP contribution in [0.5, 0.6) is 0 Å². The predicted molar refractivity (Wildman–Crippen MR) is 117 cm³/mol. The third-order valence-electron chi connectivity index (χ3n) is 4.17. The van der Waals surface area contributed by atoms with Gasteiger partial charge in [0.15, 0.2) is 0 Å². The van der Waals surface area contributed by atoms with E-state index in [0.29, 0.717) is 11.3 Å². The van der Waals surface area contributed by atoms with Gasteiger partial charge in [0.2, 0.25) is 21.9 Å². The zero-order valence-electron chi connectivity index (χ0n) is 16.6. The number of hydrogen-bond donors (Lipinski definition) is 6. The summed E-state index contributed by atoms with van der Waals surface area (Å²) in [6.45, 7) is 1.49. The van der Waals surface area contributed by atoms with Gasteiger partial charge in [0.25, 0.3) is 5.56 Å². The molecule has 31 heavy (non-hydrogen) atoms. The molecule has 1 unspecified atom stereocenters. The number of halogens is 1.